The summed E-state index contributed by atoms with van der Waals surface area (Å²) in [6, 6.07) is 5.21. The third kappa shape index (κ3) is 7.34. The highest BCUT2D eigenvalue weighted by atomic mass is 35.5. The van der Waals surface area contributed by atoms with Gasteiger partial charge in [-0.2, -0.15) is 5.10 Å². The van der Waals surface area contributed by atoms with Crippen molar-refractivity contribution in [2.24, 2.45) is 5.10 Å². The Kier molecular flexibility index (Phi) is 7.11. The number of carbonyl (C=O) groups is 3. The van der Waals surface area contributed by atoms with Crippen molar-refractivity contribution in [2.45, 2.75) is 46.6 Å². The van der Waals surface area contributed by atoms with Crippen molar-refractivity contribution < 1.29 is 14.4 Å². The molecule has 0 aromatic heterocycles. The first-order chi connectivity index (χ1) is 11.5. The molecule has 0 radical (unpaired) electrons. The van der Waals surface area contributed by atoms with Crippen LogP contribution in [-0.2, 0) is 14.4 Å². The van der Waals surface area contributed by atoms with E-state index >= 15 is 0 Å². The summed E-state index contributed by atoms with van der Waals surface area (Å²) in [5, 5.41) is 9.56. The Balaban J connectivity index is 2.57. The first-order valence-electron chi connectivity index (χ1n) is 7.70. The zero-order chi connectivity index (χ0) is 19.2. The van der Waals surface area contributed by atoms with Gasteiger partial charge in [-0.1, -0.05) is 17.7 Å². The molecule has 0 aliphatic carbocycles. The number of benzene rings is 1. The number of hydrogen-bond donors (Lipinski definition) is 3. The van der Waals surface area contributed by atoms with Gasteiger partial charge < -0.3 is 10.6 Å². The van der Waals surface area contributed by atoms with Gasteiger partial charge >= 0.3 is 11.8 Å². The van der Waals surface area contributed by atoms with Crippen LogP contribution in [0.3, 0.4) is 0 Å². The molecule has 0 unspecified atom stereocenters. The summed E-state index contributed by atoms with van der Waals surface area (Å²) < 4.78 is 0. The Labute approximate surface area is 152 Å². The highest BCUT2D eigenvalue weighted by Crippen LogP contribution is 2.22. The number of nitrogens with zero attached hydrogens (tertiary/aromatic N) is 1. The van der Waals surface area contributed by atoms with Gasteiger partial charge in [0.1, 0.15) is 0 Å². The van der Waals surface area contributed by atoms with Crippen LogP contribution < -0.4 is 16.1 Å². The fourth-order valence-corrected chi connectivity index (χ4v) is 1.98. The molecule has 0 saturated carbocycles. The van der Waals surface area contributed by atoms with Crippen LogP contribution in [0, 0.1) is 6.92 Å². The van der Waals surface area contributed by atoms with E-state index < -0.39 is 17.4 Å². The molecule has 8 heteroatoms. The van der Waals surface area contributed by atoms with Crippen LogP contribution in [-0.4, -0.2) is 29.0 Å². The maximum Gasteiger partial charge on any atom is 0.329 e. The fourth-order valence-electron chi connectivity index (χ4n) is 1.80. The molecule has 7 nitrogen and oxygen atoms in total. The van der Waals surface area contributed by atoms with Crippen molar-refractivity contribution in [3.05, 3.63) is 28.8 Å². The largest absolute Gasteiger partial charge is 0.343 e. The van der Waals surface area contributed by atoms with E-state index in [9.17, 15) is 14.4 Å². The number of nitrogens with one attached hydrogen (secondary N) is 3. The highest BCUT2D eigenvalue weighted by Gasteiger charge is 2.19. The molecular formula is C17H23ClN4O3. The van der Waals surface area contributed by atoms with E-state index in [2.05, 4.69) is 21.2 Å². The smallest absolute Gasteiger partial charge is 0.329 e. The molecule has 0 aliphatic rings. The van der Waals surface area contributed by atoms with Crippen molar-refractivity contribution in [2.75, 3.05) is 5.32 Å². The molecule has 3 amide bonds. The summed E-state index contributed by atoms with van der Waals surface area (Å²) in [6.45, 7) is 8.65. The lowest BCUT2D eigenvalue weighted by Crippen LogP contribution is -2.47. The van der Waals surface area contributed by atoms with Crippen LogP contribution in [0.25, 0.3) is 0 Å². The molecular weight excluding hydrogens is 344 g/mol. The summed E-state index contributed by atoms with van der Waals surface area (Å²) in [5.74, 6) is -1.98. The van der Waals surface area contributed by atoms with Crippen LogP contribution >= 0.6 is 11.6 Å². The Morgan fingerprint density at radius 2 is 1.80 bits per heavy atom. The minimum atomic E-state index is -0.889. The Hall–Kier alpha value is -2.41. The summed E-state index contributed by atoms with van der Waals surface area (Å²) in [4.78, 5) is 35.3. The normalized spacial score (nSPS) is 11.7. The first-order valence-corrected chi connectivity index (χ1v) is 8.08. The summed E-state index contributed by atoms with van der Waals surface area (Å²) in [5.41, 5.74) is 3.33. The van der Waals surface area contributed by atoms with Gasteiger partial charge in [0, 0.05) is 22.0 Å². The van der Waals surface area contributed by atoms with Gasteiger partial charge in [0.25, 0.3) is 0 Å². The summed E-state index contributed by atoms with van der Waals surface area (Å²) >= 11 is 6.00. The number of hydrazone groups is 1. The lowest BCUT2D eigenvalue weighted by Gasteiger charge is -2.19. The number of halogens is 1. The van der Waals surface area contributed by atoms with E-state index in [4.69, 9.17) is 11.6 Å². The molecule has 0 bridgehead atoms. The topological polar surface area (TPSA) is 99.7 Å². The quantitative estimate of drug-likeness (QED) is 0.433. The summed E-state index contributed by atoms with van der Waals surface area (Å²) in [6.07, 6.45) is -0.0346. The van der Waals surface area contributed by atoms with Crippen molar-refractivity contribution in [1.29, 1.82) is 0 Å². The molecule has 3 N–H and O–H groups in total. The Bertz CT molecular complexity index is 708. The van der Waals surface area contributed by atoms with Gasteiger partial charge in [-0.15, -0.1) is 0 Å². The number of carbonyl (C=O) groups excluding carboxylic acids is 3. The predicted molar refractivity (Wildman–Crippen MR) is 98.6 cm³/mol. The third-order valence-electron chi connectivity index (χ3n) is 3.00. The Morgan fingerprint density at radius 3 is 2.40 bits per heavy atom. The van der Waals surface area contributed by atoms with Crippen LogP contribution in [0.5, 0.6) is 0 Å². The van der Waals surface area contributed by atoms with Gasteiger partial charge in [-0.05, 0) is 52.3 Å². The van der Waals surface area contributed by atoms with E-state index in [0.717, 1.165) is 5.56 Å². The van der Waals surface area contributed by atoms with E-state index in [1.807, 2.05) is 0 Å². The molecule has 1 aromatic rings. The Morgan fingerprint density at radius 1 is 1.16 bits per heavy atom. The minimum absolute atomic E-state index is 0.0346. The van der Waals surface area contributed by atoms with Gasteiger partial charge in [0.15, 0.2) is 0 Å². The van der Waals surface area contributed by atoms with Gasteiger partial charge in [-0.25, -0.2) is 5.43 Å². The molecule has 1 aromatic carbocycles. The highest BCUT2D eigenvalue weighted by molar-refractivity contribution is 6.35. The number of anilines is 1. The van der Waals surface area contributed by atoms with Crippen molar-refractivity contribution in [1.82, 2.24) is 10.7 Å². The average Bonchev–Trinajstić information content (AvgIpc) is 2.47. The standard InChI is InChI=1S/C17H23ClN4O3/c1-10(21-22-16(25)15(24)20-17(3,4)5)9-14(23)19-13-8-6-7-12(18)11(13)2/h6-8H,9H2,1-5H3,(H,19,23)(H,20,24)(H,22,25)/b21-10-. The van der Waals surface area contributed by atoms with E-state index in [1.165, 1.54) is 0 Å². The summed E-state index contributed by atoms with van der Waals surface area (Å²) in [7, 11) is 0. The monoisotopic (exact) mass is 366 g/mol. The maximum atomic E-state index is 12.0. The number of rotatable bonds is 4. The molecule has 136 valence electrons. The molecule has 0 fully saturated rings. The van der Waals surface area contributed by atoms with Crippen molar-refractivity contribution >= 4 is 40.7 Å². The van der Waals surface area contributed by atoms with Gasteiger partial charge in [-0.3, -0.25) is 14.4 Å². The molecule has 0 saturated heterocycles. The third-order valence-corrected chi connectivity index (χ3v) is 3.41. The van der Waals surface area contributed by atoms with Crippen LogP contribution in [0.2, 0.25) is 5.02 Å². The van der Waals surface area contributed by atoms with Crippen LogP contribution in [0.15, 0.2) is 23.3 Å². The maximum absolute atomic E-state index is 12.0. The second-order valence-electron chi connectivity index (χ2n) is 6.63. The molecule has 1 rings (SSSR count). The average molecular weight is 367 g/mol. The first kappa shape index (κ1) is 20.6. The zero-order valence-electron chi connectivity index (χ0n) is 15.0. The molecule has 0 atom stereocenters. The lowest BCUT2D eigenvalue weighted by molar-refractivity contribution is -0.140. The molecule has 0 heterocycles. The zero-order valence-corrected chi connectivity index (χ0v) is 15.7. The second-order valence-corrected chi connectivity index (χ2v) is 7.04. The number of amides is 3. The molecule has 25 heavy (non-hydrogen) atoms. The number of hydrogen-bond acceptors (Lipinski definition) is 4. The fraction of sp³-hybridized carbons (Fsp3) is 0.412. The molecule has 0 aliphatic heterocycles. The van der Waals surface area contributed by atoms with Crippen LogP contribution in [0.4, 0.5) is 5.69 Å². The van der Waals surface area contributed by atoms with Crippen molar-refractivity contribution in [3.8, 4) is 0 Å². The second kappa shape index (κ2) is 8.62. The van der Waals surface area contributed by atoms with E-state index in [-0.39, 0.29) is 12.3 Å². The van der Waals surface area contributed by atoms with Crippen LogP contribution in [0.1, 0.15) is 39.7 Å². The minimum Gasteiger partial charge on any atom is -0.343 e. The van der Waals surface area contributed by atoms with E-state index in [0.29, 0.717) is 16.4 Å². The SMILES string of the molecule is C/C(CC(=O)Nc1cccc(Cl)c1C)=N/NC(=O)C(=O)NC(C)(C)C. The predicted octanol–water partition coefficient (Wildman–Crippen LogP) is 2.38. The lowest BCUT2D eigenvalue weighted by atomic mass is 10.1. The van der Waals surface area contributed by atoms with Gasteiger partial charge in [0.2, 0.25) is 5.91 Å². The van der Waals surface area contributed by atoms with E-state index in [1.54, 1.807) is 52.8 Å². The molecule has 0 spiro atoms. The van der Waals surface area contributed by atoms with Gasteiger partial charge in [0.05, 0.1) is 6.42 Å². The van der Waals surface area contributed by atoms with Crippen molar-refractivity contribution in [3.63, 3.8) is 0 Å².